The van der Waals surface area contributed by atoms with Gasteiger partial charge < -0.3 is 10.0 Å². The van der Waals surface area contributed by atoms with Gasteiger partial charge in [-0.05, 0) is 37.0 Å². The SMILES string of the molecule is CC(C)CN(c1ccc(C(=O)O)c(F)c1)C1CCCC1. The maximum atomic E-state index is 13.9. The predicted molar refractivity (Wildman–Crippen MR) is 77.8 cm³/mol. The third-order valence-corrected chi connectivity index (χ3v) is 3.84. The Morgan fingerprint density at radius 2 is 2.05 bits per heavy atom. The molecule has 1 aliphatic carbocycles. The first-order chi connectivity index (χ1) is 9.49. The van der Waals surface area contributed by atoms with Gasteiger partial charge in [-0.15, -0.1) is 0 Å². The van der Waals surface area contributed by atoms with Crippen molar-refractivity contribution in [3.05, 3.63) is 29.6 Å². The Hall–Kier alpha value is -1.58. The van der Waals surface area contributed by atoms with E-state index in [2.05, 4.69) is 18.7 Å². The number of hydrogen-bond acceptors (Lipinski definition) is 2. The molecule has 0 amide bonds. The van der Waals surface area contributed by atoms with Gasteiger partial charge in [0.25, 0.3) is 0 Å². The highest BCUT2D eigenvalue weighted by atomic mass is 19.1. The van der Waals surface area contributed by atoms with Crippen molar-refractivity contribution in [2.75, 3.05) is 11.4 Å². The van der Waals surface area contributed by atoms with E-state index in [1.54, 1.807) is 6.07 Å². The van der Waals surface area contributed by atoms with Crippen molar-refractivity contribution in [2.45, 2.75) is 45.6 Å². The number of carboxylic acid groups (broad SMARTS) is 1. The Kier molecular flexibility index (Phi) is 4.63. The fraction of sp³-hybridized carbons (Fsp3) is 0.562. The van der Waals surface area contributed by atoms with Crippen LogP contribution in [0.4, 0.5) is 10.1 Å². The zero-order valence-electron chi connectivity index (χ0n) is 12.1. The van der Waals surface area contributed by atoms with E-state index in [1.165, 1.54) is 25.0 Å². The molecule has 1 N–H and O–H groups in total. The lowest BCUT2D eigenvalue weighted by Crippen LogP contribution is -2.36. The summed E-state index contributed by atoms with van der Waals surface area (Å²) in [5.41, 5.74) is 0.540. The maximum Gasteiger partial charge on any atom is 0.338 e. The number of hydrogen-bond donors (Lipinski definition) is 1. The van der Waals surface area contributed by atoms with E-state index in [4.69, 9.17) is 5.11 Å². The summed E-state index contributed by atoms with van der Waals surface area (Å²) in [6, 6.07) is 4.92. The fourth-order valence-corrected chi connectivity index (χ4v) is 2.93. The summed E-state index contributed by atoms with van der Waals surface area (Å²) in [5, 5.41) is 8.90. The first kappa shape index (κ1) is 14.8. The van der Waals surface area contributed by atoms with E-state index in [9.17, 15) is 9.18 Å². The van der Waals surface area contributed by atoms with Crippen LogP contribution in [0.15, 0.2) is 18.2 Å². The maximum absolute atomic E-state index is 13.9. The number of carbonyl (C=O) groups is 1. The molecule has 0 aromatic heterocycles. The number of halogens is 1. The molecular formula is C16H22FNO2. The minimum Gasteiger partial charge on any atom is -0.478 e. The van der Waals surface area contributed by atoms with Gasteiger partial charge in [0.05, 0.1) is 5.56 Å². The van der Waals surface area contributed by atoms with Crippen LogP contribution in [0.25, 0.3) is 0 Å². The second-order valence-corrected chi connectivity index (χ2v) is 5.95. The van der Waals surface area contributed by atoms with Gasteiger partial charge in [0.1, 0.15) is 5.82 Å². The van der Waals surface area contributed by atoms with Gasteiger partial charge in [0.15, 0.2) is 0 Å². The number of benzene rings is 1. The zero-order valence-corrected chi connectivity index (χ0v) is 12.1. The van der Waals surface area contributed by atoms with Gasteiger partial charge in [-0.1, -0.05) is 26.7 Å². The molecule has 110 valence electrons. The van der Waals surface area contributed by atoms with Crippen LogP contribution in [-0.2, 0) is 0 Å². The number of nitrogens with zero attached hydrogens (tertiary/aromatic N) is 1. The highest BCUT2D eigenvalue weighted by Gasteiger charge is 2.24. The first-order valence-electron chi connectivity index (χ1n) is 7.28. The van der Waals surface area contributed by atoms with E-state index >= 15 is 0 Å². The van der Waals surface area contributed by atoms with Crippen LogP contribution >= 0.6 is 0 Å². The average molecular weight is 279 g/mol. The van der Waals surface area contributed by atoms with Gasteiger partial charge in [-0.25, -0.2) is 9.18 Å². The molecule has 0 unspecified atom stereocenters. The largest absolute Gasteiger partial charge is 0.478 e. The summed E-state index contributed by atoms with van der Waals surface area (Å²) in [5.74, 6) is -1.38. The molecule has 1 aromatic carbocycles. The van der Waals surface area contributed by atoms with Crippen molar-refractivity contribution in [3.63, 3.8) is 0 Å². The molecule has 0 spiro atoms. The summed E-state index contributed by atoms with van der Waals surface area (Å²) in [6.45, 7) is 5.16. The monoisotopic (exact) mass is 279 g/mol. The van der Waals surface area contributed by atoms with Gasteiger partial charge in [-0.3, -0.25) is 0 Å². The second kappa shape index (κ2) is 6.25. The lowest BCUT2D eigenvalue weighted by Gasteiger charge is -2.33. The van der Waals surface area contributed by atoms with E-state index in [0.717, 1.165) is 25.1 Å². The Morgan fingerprint density at radius 3 is 2.55 bits per heavy atom. The van der Waals surface area contributed by atoms with Gasteiger partial charge in [0.2, 0.25) is 0 Å². The Bertz CT molecular complexity index is 481. The molecule has 3 nitrogen and oxygen atoms in total. The number of aromatic carboxylic acids is 1. The predicted octanol–water partition coefficient (Wildman–Crippen LogP) is 3.93. The second-order valence-electron chi connectivity index (χ2n) is 5.95. The molecule has 1 saturated carbocycles. The third kappa shape index (κ3) is 3.30. The van der Waals surface area contributed by atoms with E-state index < -0.39 is 11.8 Å². The van der Waals surface area contributed by atoms with Crippen LogP contribution < -0.4 is 4.90 Å². The quantitative estimate of drug-likeness (QED) is 0.887. The Balaban J connectivity index is 2.28. The van der Waals surface area contributed by atoms with Crippen molar-refractivity contribution in [1.29, 1.82) is 0 Å². The van der Waals surface area contributed by atoms with E-state index in [-0.39, 0.29) is 5.56 Å². The molecule has 0 radical (unpaired) electrons. The molecule has 0 heterocycles. The van der Waals surface area contributed by atoms with E-state index in [1.807, 2.05) is 0 Å². The lowest BCUT2D eigenvalue weighted by molar-refractivity contribution is 0.0692. The van der Waals surface area contributed by atoms with Crippen LogP contribution in [0.5, 0.6) is 0 Å². The van der Waals surface area contributed by atoms with Crippen LogP contribution in [0.1, 0.15) is 49.9 Å². The minimum atomic E-state index is -1.22. The minimum absolute atomic E-state index is 0.260. The molecule has 1 fully saturated rings. The first-order valence-corrected chi connectivity index (χ1v) is 7.28. The zero-order chi connectivity index (χ0) is 14.7. The third-order valence-electron chi connectivity index (χ3n) is 3.84. The van der Waals surface area contributed by atoms with Crippen molar-refractivity contribution in [2.24, 2.45) is 5.92 Å². The fourth-order valence-electron chi connectivity index (χ4n) is 2.93. The summed E-state index contributed by atoms with van der Waals surface area (Å²) < 4.78 is 13.9. The molecule has 1 aliphatic rings. The molecule has 0 saturated heterocycles. The number of rotatable bonds is 5. The molecule has 4 heteroatoms. The van der Waals surface area contributed by atoms with E-state index in [0.29, 0.717) is 12.0 Å². The highest BCUT2D eigenvalue weighted by molar-refractivity contribution is 5.88. The lowest BCUT2D eigenvalue weighted by atomic mass is 10.1. The summed E-state index contributed by atoms with van der Waals surface area (Å²) in [7, 11) is 0. The molecule has 2 rings (SSSR count). The van der Waals surface area contributed by atoms with Crippen LogP contribution in [0.2, 0.25) is 0 Å². The summed E-state index contributed by atoms with van der Waals surface area (Å²) in [6.07, 6.45) is 4.70. The Labute approximate surface area is 119 Å². The molecule has 0 bridgehead atoms. The molecular weight excluding hydrogens is 257 g/mol. The van der Waals surface area contributed by atoms with Gasteiger partial charge in [0, 0.05) is 18.3 Å². The van der Waals surface area contributed by atoms with Crippen molar-refractivity contribution >= 4 is 11.7 Å². The Morgan fingerprint density at radius 1 is 1.40 bits per heavy atom. The standard InChI is InChI=1S/C16H22FNO2/c1-11(2)10-18(12-5-3-4-6-12)13-7-8-14(16(19)20)15(17)9-13/h7-9,11-12H,3-6,10H2,1-2H3,(H,19,20). The highest BCUT2D eigenvalue weighted by Crippen LogP contribution is 2.30. The molecule has 20 heavy (non-hydrogen) atoms. The van der Waals surface area contributed by atoms with Crippen LogP contribution in [0.3, 0.4) is 0 Å². The molecule has 0 aliphatic heterocycles. The molecule has 1 aromatic rings. The van der Waals surface area contributed by atoms with Crippen LogP contribution in [0, 0.1) is 11.7 Å². The number of carboxylic acids is 1. The number of anilines is 1. The summed E-state index contributed by atoms with van der Waals surface area (Å²) >= 11 is 0. The smallest absolute Gasteiger partial charge is 0.338 e. The normalized spacial score (nSPS) is 15.8. The summed E-state index contributed by atoms with van der Waals surface area (Å²) in [4.78, 5) is 13.1. The average Bonchev–Trinajstić information content (AvgIpc) is 2.88. The van der Waals surface area contributed by atoms with Crippen molar-refractivity contribution < 1.29 is 14.3 Å². The van der Waals surface area contributed by atoms with Gasteiger partial charge in [-0.2, -0.15) is 0 Å². The van der Waals surface area contributed by atoms with Crippen molar-refractivity contribution in [3.8, 4) is 0 Å². The van der Waals surface area contributed by atoms with Crippen molar-refractivity contribution in [1.82, 2.24) is 0 Å². The van der Waals surface area contributed by atoms with Crippen LogP contribution in [-0.4, -0.2) is 23.7 Å². The topological polar surface area (TPSA) is 40.5 Å². The molecule has 0 atom stereocenters. The van der Waals surface area contributed by atoms with Gasteiger partial charge >= 0.3 is 5.97 Å².